The summed E-state index contributed by atoms with van der Waals surface area (Å²) >= 11 is 3.37. The molecule has 0 unspecified atom stereocenters. The molecule has 1 atom stereocenters. The molecular formula is C13H16BrNO2. The molecule has 1 aromatic rings. The summed E-state index contributed by atoms with van der Waals surface area (Å²) in [6.07, 6.45) is 2.80. The third-order valence-corrected chi connectivity index (χ3v) is 3.36. The number of amides is 1. The SMILES string of the molecule is O=C(Cc1ccc(Br)cc1)NC[C@H]1CCCO1. The van der Waals surface area contributed by atoms with Crippen LogP contribution in [0.2, 0.25) is 0 Å². The van der Waals surface area contributed by atoms with Gasteiger partial charge in [-0.2, -0.15) is 0 Å². The first-order valence-corrected chi connectivity index (χ1v) is 6.66. The van der Waals surface area contributed by atoms with Crippen molar-refractivity contribution in [1.29, 1.82) is 0 Å². The number of carbonyl (C=O) groups is 1. The first kappa shape index (κ1) is 12.6. The number of hydrogen-bond acceptors (Lipinski definition) is 2. The van der Waals surface area contributed by atoms with Gasteiger partial charge in [-0.3, -0.25) is 4.79 Å². The molecule has 1 heterocycles. The van der Waals surface area contributed by atoms with E-state index in [2.05, 4.69) is 21.2 Å². The van der Waals surface area contributed by atoms with Crippen LogP contribution in [0.15, 0.2) is 28.7 Å². The molecule has 17 heavy (non-hydrogen) atoms. The Labute approximate surface area is 110 Å². The quantitative estimate of drug-likeness (QED) is 0.926. The summed E-state index contributed by atoms with van der Waals surface area (Å²) in [5.41, 5.74) is 1.03. The van der Waals surface area contributed by atoms with E-state index in [1.165, 1.54) is 0 Å². The number of carbonyl (C=O) groups excluding carboxylic acids is 1. The van der Waals surface area contributed by atoms with Crippen molar-refractivity contribution in [2.75, 3.05) is 13.2 Å². The van der Waals surface area contributed by atoms with Gasteiger partial charge in [0, 0.05) is 17.6 Å². The smallest absolute Gasteiger partial charge is 0.224 e. The van der Waals surface area contributed by atoms with Gasteiger partial charge >= 0.3 is 0 Å². The van der Waals surface area contributed by atoms with Gasteiger partial charge in [-0.25, -0.2) is 0 Å². The summed E-state index contributed by atoms with van der Waals surface area (Å²) in [4.78, 5) is 11.7. The van der Waals surface area contributed by atoms with Crippen LogP contribution in [0.4, 0.5) is 0 Å². The lowest BCUT2D eigenvalue weighted by atomic mass is 10.1. The van der Waals surface area contributed by atoms with Gasteiger partial charge in [0.1, 0.15) is 0 Å². The van der Waals surface area contributed by atoms with E-state index in [1.54, 1.807) is 0 Å². The topological polar surface area (TPSA) is 38.3 Å². The van der Waals surface area contributed by atoms with Gasteiger partial charge in [-0.05, 0) is 30.5 Å². The summed E-state index contributed by atoms with van der Waals surface area (Å²) < 4.78 is 6.48. The Morgan fingerprint density at radius 2 is 2.18 bits per heavy atom. The molecule has 0 aliphatic carbocycles. The Hall–Kier alpha value is -0.870. The first-order chi connectivity index (χ1) is 8.24. The number of rotatable bonds is 4. The van der Waals surface area contributed by atoms with Crippen molar-refractivity contribution >= 4 is 21.8 Å². The predicted octanol–water partition coefficient (Wildman–Crippen LogP) is 2.29. The van der Waals surface area contributed by atoms with Crippen LogP contribution in [0.5, 0.6) is 0 Å². The van der Waals surface area contributed by atoms with Crippen LogP contribution in [0, 0.1) is 0 Å². The van der Waals surface area contributed by atoms with Crippen LogP contribution in [0.1, 0.15) is 18.4 Å². The number of halogens is 1. The van der Waals surface area contributed by atoms with Crippen molar-refractivity contribution in [1.82, 2.24) is 5.32 Å². The molecule has 1 fully saturated rings. The molecule has 0 aromatic heterocycles. The molecular weight excluding hydrogens is 282 g/mol. The number of hydrogen-bond donors (Lipinski definition) is 1. The third-order valence-electron chi connectivity index (χ3n) is 2.83. The second-order valence-corrected chi connectivity index (χ2v) is 5.16. The van der Waals surface area contributed by atoms with E-state index in [9.17, 15) is 4.79 Å². The van der Waals surface area contributed by atoms with Crippen LogP contribution in [-0.2, 0) is 16.0 Å². The van der Waals surface area contributed by atoms with Gasteiger partial charge in [-0.1, -0.05) is 28.1 Å². The van der Waals surface area contributed by atoms with Gasteiger partial charge in [0.25, 0.3) is 0 Å². The Bertz CT molecular complexity index is 372. The minimum atomic E-state index is 0.0582. The average Bonchev–Trinajstić information content (AvgIpc) is 2.83. The second-order valence-electron chi connectivity index (χ2n) is 4.24. The van der Waals surface area contributed by atoms with E-state index in [1.807, 2.05) is 24.3 Å². The van der Waals surface area contributed by atoms with Crippen LogP contribution in [-0.4, -0.2) is 25.2 Å². The van der Waals surface area contributed by atoms with E-state index in [0.717, 1.165) is 29.5 Å². The summed E-state index contributed by atoms with van der Waals surface area (Å²) in [7, 11) is 0. The van der Waals surface area contributed by atoms with Crippen molar-refractivity contribution in [2.45, 2.75) is 25.4 Å². The summed E-state index contributed by atoms with van der Waals surface area (Å²) in [6, 6.07) is 7.80. The molecule has 0 spiro atoms. The Balaban J connectivity index is 1.74. The fourth-order valence-electron chi connectivity index (χ4n) is 1.88. The van der Waals surface area contributed by atoms with E-state index >= 15 is 0 Å². The number of nitrogens with one attached hydrogen (secondary N) is 1. The standard InChI is InChI=1S/C13H16BrNO2/c14-11-5-3-10(4-6-11)8-13(16)15-9-12-2-1-7-17-12/h3-6,12H,1-2,7-9H2,(H,15,16)/t12-/m1/s1. The number of benzene rings is 1. The maximum atomic E-state index is 11.7. The van der Waals surface area contributed by atoms with Crippen LogP contribution in [0.25, 0.3) is 0 Å². The molecule has 2 rings (SSSR count). The van der Waals surface area contributed by atoms with Crippen molar-refractivity contribution in [3.63, 3.8) is 0 Å². The zero-order valence-electron chi connectivity index (χ0n) is 9.62. The summed E-state index contributed by atoms with van der Waals surface area (Å²) in [5, 5.41) is 2.91. The molecule has 0 saturated carbocycles. The van der Waals surface area contributed by atoms with Gasteiger partial charge in [0.15, 0.2) is 0 Å². The van der Waals surface area contributed by atoms with Gasteiger partial charge < -0.3 is 10.1 Å². The first-order valence-electron chi connectivity index (χ1n) is 5.87. The maximum absolute atomic E-state index is 11.7. The highest BCUT2D eigenvalue weighted by atomic mass is 79.9. The van der Waals surface area contributed by atoms with Crippen molar-refractivity contribution < 1.29 is 9.53 Å². The molecule has 1 aliphatic heterocycles. The molecule has 1 N–H and O–H groups in total. The third kappa shape index (κ3) is 4.13. The Morgan fingerprint density at radius 3 is 2.82 bits per heavy atom. The number of ether oxygens (including phenoxy) is 1. The molecule has 0 bridgehead atoms. The maximum Gasteiger partial charge on any atom is 0.224 e. The van der Waals surface area contributed by atoms with Crippen LogP contribution >= 0.6 is 15.9 Å². The normalized spacial score (nSPS) is 19.2. The molecule has 1 aliphatic rings. The largest absolute Gasteiger partial charge is 0.376 e. The van der Waals surface area contributed by atoms with E-state index in [0.29, 0.717) is 13.0 Å². The van der Waals surface area contributed by atoms with Crippen LogP contribution < -0.4 is 5.32 Å². The summed E-state index contributed by atoms with van der Waals surface area (Å²) in [5.74, 6) is 0.0582. The Kier molecular flexibility index (Phi) is 4.57. The molecule has 1 saturated heterocycles. The summed E-state index contributed by atoms with van der Waals surface area (Å²) in [6.45, 7) is 1.46. The fraction of sp³-hybridized carbons (Fsp3) is 0.462. The lowest BCUT2D eigenvalue weighted by molar-refractivity contribution is -0.120. The van der Waals surface area contributed by atoms with Gasteiger partial charge in [-0.15, -0.1) is 0 Å². The van der Waals surface area contributed by atoms with Gasteiger partial charge in [0.2, 0.25) is 5.91 Å². The zero-order valence-corrected chi connectivity index (χ0v) is 11.2. The molecule has 0 radical (unpaired) electrons. The van der Waals surface area contributed by atoms with Gasteiger partial charge in [0.05, 0.1) is 12.5 Å². The minimum absolute atomic E-state index is 0.0582. The lowest BCUT2D eigenvalue weighted by Crippen LogP contribution is -2.32. The van der Waals surface area contributed by atoms with E-state index < -0.39 is 0 Å². The molecule has 4 heteroatoms. The monoisotopic (exact) mass is 297 g/mol. The van der Waals surface area contributed by atoms with Crippen molar-refractivity contribution in [3.8, 4) is 0 Å². The predicted molar refractivity (Wildman–Crippen MR) is 69.8 cm³/mol. The van der Waals surface area contributed by atoms with Crippen LogP contribution in [0.3, 0.4) is 0 Å². The van der Waals surface area contributed by atoms with Crippen molar-refractivity contribution in [3.05, 3.63) is 34.3 Å². The van der Waals surface area contributed by atoms with E-state index in [-0.39, 0.29) is 12.0 Å². The highest BCUT2D eigenvalue weighted by Crippen LogP contribution is 2.12. The minimum Gasteiger partial charge on any atom is -0.376 e. The second kappa shape index (κ2) is 6.17. The lowest BCUT2D eigenvalue weighted by Gasteiger charge is -2.10. The van der Waals surface area contributed by atoms with E-state index in [4.69, 9.17) is 4.74 Å². The fourth-order valence-corrected chi connectivity index (χ4v) is 2.15. The van der Waals surface area contributed by atoms with Crippen molar-refractivity contribution in [2.24, 2.45) is 0 Å². The molecule has 1 amide bonds. The zero-order chi connectivity index (χ0) is 12.1. The molecule has 3 nitrogen and oxygen atoms in total. The average molecular weight is 298 g/mol. The Morgan fingerprint density at radius 1 is 1.41 bits per heavy atom. The molecule has 92 valence electrons. The molecule has 1 aromatic carbocycles. The highest BCUT2D eigenvalue weighted by Gasteiger charge is 2.15. The highest BCUT2D eigenvalue weighted by molar-refractivity contribution is 9.10.